The summed E-state index contributed by atoms with van der Waals surface area (Å²) in [5.74, 6) is 0.0581. The van der Waals surface area contributed by atoms with Crippen LogP contribution in [-0.2, 0) is 4.79 Å². The number of hydrogen-bond donors (Lipinski definition) is 2. The van der Waals surface area contributed by atoms with E-state index < -0.39 is 0 Å². The topological polar surface area (TPSA) is 52.6 Å². The van der Waals surface area contributed by atoms with Gasteiger partial charge in [-0.3, -0.25) is 4.79 Å². The standard InChI is InChI=1S/C11H22N2O2/c1-2-10(9-14)12-11(15)5-8-13-6-3-4-7-13/h10,14H,2-9H2,1H3,(H,12,15)/t10-/m0/s1. The number of carbonyl (C=O) groups excluding carboxylic acids is 1. The molecular formula is C11H22N2O2. The molecule has 15 heavy (non-hydrogen) atoms. The summed E-state index contributed by atoms with van der Waals surface area (Å²) < 4.78 is 0. The van der Waals surface area contributed by atoms with E-state index >= 15 is 0 Å². The van der Waals surface area contributed by atoms with Gasteiger partial charge in [-0.1, -0.05) is 6.92 Å². The van der Waals surface area contributed by atoms with Gasteiger partial charge in [0.2, 0.25) is 5.91 Å². The van der Waals surface area contributed by atoms with Crippen molar-refractivity contribution in [3.05, 3.63) is 0 Å². The fourth-order valence-electron chi connectivity index (χ4n) is 1.84. The number of aliphatic hydroxyl groups is 1. The van der Waals surface area contributed by atoms with Crippen LogP contribution < -0.4 is 5.32 Å². The van der Waals surface area contributed by atoms with Crippen molar-refractivity contribution in [1.29, 1.82) is 0 Å². The molecule has 0 radical (unpaired) electrons. The lowest BCUT2D eigenvalue weighted by Crippen LogP contribution is -2.38. The molecule has 1 amide bonds. The lowest BCUT2D eigenvalue weighted by atomic mass is 10.2. The van der Waals surface area contributed by atoms with Crippen LogP contribution in [-0.4, -0.2) is 48.2 Å². The Labute approximate surface area is 91.6 Å². The van der Waals surface area contributed by atoms with Gasteiger partial charge in [-0.25, -0.2) is 0 Å². The van der Waals surface area contributed by atoms with Crippen molar-refractivity contribution in [1.82, 2.24) is 10.2 Å². The van der Waals surface area contributed by atoms with Crippen molar-refractivity contribution >= 4 is 5.91 Å². The van der Waals surface area contributed by atoms with Crippen LogP contribution in [0.3, 0.4) is 0 Å². The second-order valence-electron chi connectivity index (χ2n) is 4.15. The summed E-state index contributed by atoms with van der Waals surface area (Å²) in [6, 6.07) is -0.0731. The number of amides is 1. The van der Waals surface area contributed by atoms with Crippen LogP contribution in [0.25, 0.3) is 0 Å². The molecule has 1 saturated heterocycles. The maximum absolute atomic E-state index is 11.5. The minimum Gasteiger partial charge on any atom is -0.394 e. The van der Waals surface area contributed by atoms with Crippen LogP contribution in [0.4, 0.5) is 0 Å². The van der Waals surface area contributed by atoms with Gasteiger partial charge in [0.25, 0.3) is 0 Å². The smallest absolute Gasteiger partial charge is 0.221 e. The summed E-state index contributed by atoms with van der Waals surface area (Å²) in [6.07, 6.45) is 3.86. The first kappa shape index (κ1) is 12.5. The van der Waals surface area contributed by atoms with Gasteiger partial charge in [0.15, 0.2) is 0 Å². The molecule has 1 heterocycles. The van der Waals surface area contributed by atoms with Gasteiger partial charge in [0, 0.05) is 13.0 Å². The normalized spacial score (nSPS) is 19.1. The molecule has 1 atom stereocenters. The predicted molar refractivity (Wildman–Crippen MR) is 59.6 cm³/mol. The Morgan fingerprint density at radius 3 is 2.67 bits per heavy atom. The minimum atomic E-state index is -0.0731. The zero-order chi connectivity index (χ0) is 11.1. The third-order valence-corrected chi connectivity index (χ3v) is 2.93. The summed E-state index contributed by atoms with van der Waals surface area (Å²) in [4.78, 5) is 13.8. The molecule has 0 saturated carbocycles. The minimum absolute atomic E-state index is 0.0337. The number of likely N-dealkylation sites (tertiary alicyclic amines) is 1. The van der Waals surface area contributed by atoms with E-state index in [0.717, 1.165) is 26.1 Å². The molecule has 1 rings (SSSR count). The van der Waals surface area contributed by atoms with E-state index in [1.165, 1.54) is 12.8 Å². The molecule has 0 spiro atoms. The molecular weight excluding hydrogens is 192 g/mol. The first-order valence-electron chi connectivity index (χ1n) is 5.88. The fourth-order valence-corrected chi connectivity index (χ4v) is 1.84. The van der Waals surface area contributed by atoms with E-state index in [2.05, 4.69) is 10.2 Å². The van der Waals surface area contributed by atoms with Crippen molar-refractivity contribution in [3.8, 4) is 0 Å². The summed E-state index contributed by atoms with van der Waals surface area (Å²) in [7, 11) is 0. The van der Waals surface area contributed by atoms with Crippen molar-refractivity contribution in [2.75, 3.05) is 26.2 Å². The number of nitrogens with zero attached hydrogens (tertiary/aromatic N) is 1. The molecule has 0 bridgehead atoms. The summed E-state index contributed by atoms with van der Waals surface area (Å²) in [5.41, 5.74) is 0. The summed E-state index contributed by atoms with van der Waals surface area (Å²) >= 11 is 0. The SMILES string of the molecule is CC[C@@H](CO)NC(=O)CCN1CCCC1. The molecule has 1 fully saturated rings. The first-order chi connectivity index (χ1) is 7.26. The van der Waals surface area contributed by atoms with E-state index in [4.69, 9.17) is 5.11 Å². The molecule has 0 aliphatic carbocycles. The average Bonchev–Trinajstić information content (AvgIpc) is 2.75. The number of aliphatic hydroxyl groups excluding tert-OH is 1. The second-order valence-corrected chi connectivity index (χ2v) is 4.15. The van der Waals surface area contributed by atoms with Gasteiger partial charge in [-0.15, -0.1) is 0 Å². The molecule has 4 nitrogen and oxygen atoms in total. The van der Waals surface area contributed by atoms with Gasteiger partial charge < -0.3 is 15.3 Å². The average molecular weight is 214 g/mol. The Morgan fingerprint density at radius 1 is 1.47 bits per heavy atom. The highest BCUT2D eigenvalue weighted by Crippen LogP contribution is 2.07. The van der Waals surface area contributed by atoms with Gasteiger partial charge in [0.05, 0.1) is 12.6 Å². The number of nitrogens with one attached hydrogen (secondary N) is 1. The number of carbonyl (C=O) groups is 1. The van der Waals surface area contributed by atoms with Gasteiger partial charge in [-0.05, 0) is 32.4 Å². The highest BCUT2D eigenvalue weighted by Gasteiger charge is 2.14. The molecule has 1 aliphatic heterocycles. The third kappa shape index (κ3) is 4.62. The second kappa shape index (κ2) is 6.80. The third-order valence-electron chi connectivity index (χ3n) is 2.93. The van der Waals surface area contributed by atoms with E-state index in [1.807, 2.05) is 6.92 Å². The lowest BCUT2D eigenvalue weighted by molar-refractivity contribution is -0.122. The highest BCUT2D eigenvalue weighted by atomic mass is 16.3. The number of rotatable bonds is 6. The molecule has 0 aromatic carbocycles. The molecule has 4 heteroatoms. The van der Waals surface area contributed by atoms with Crippen LogP contribution in [0, 0.1) is 0 Å². The maximum atomic E-state index is 11.5. The Bertz CT molecular complexity index is 187. The molecule has 1 aliphatic rings. The van der Waals surface area contributed by atoms with Crippen LogP contribution in [0.5, 0.6) is 0 Å². The maximum Gasteiger partial charge on any atom is 0.221 e. The van der Waals surface area contributed by atoms with Crippen LogP contribution in [0.2, 0.25) is 0 Å². The van der Waals surface area contributed by atoms with E-state index in [9.17, 15) is 4.79 Å². The summed E-state index contributed by atoms with van der Waals surface area (Å²) in [6.45, 7) is 5.11. The zero-order valence-corrected chi connectivity index (χ0v) is 9.54. The number of hydrogen-bond acceptors (Lipinski definition) is 3. The van der Waals surface area contributed by atoms with Crippen LogP contribution in [0.1, 0.15) is 32.6 Å². The van der Waals surface area contributed by atoms with Crippen molar-refractivity contribution in [2.24, 2.45) is 0 Å². The molecule has 88 valence electrons. The molecule has 2 N–H and O–H groups in total. The van der Waals surface area contributed by atoms with E-state index in [1.54, 1.807) is 0 Å². The summed E-state index contributed by atoms with van der Waals surface area (Å²) in [5, 5.41) is 11.8. The Kier molecular flexibility index (Phi) is 5.65. The van der Waals surface area contributed by atoms with Crippen LogP contribution in [0.15, 0.2) is 0 Å². The lowest BCUT2D eigenvalue weighted by Gasteiger charge is -2.17. The largest absolute Gasteiger partial charge is 0.394 e. The van der Waals surface area contributed by atoms with Gasteiger partial charge in [-0.2, -0.15) is 0 Å². The highest BCUT2D eigenvalue weighted by molar-refractivity contribution is 5.76. The Hall–Kier alpha value is -0.610. The van der Waals surface area contributed by atoms with Gasteiger partial charge >= 0.3 is 0 Å². The van der Waals surface area contributed by atoms with Crippen LogP contribution >= 0.6 is 0 Å². The van der Waals surface area contributed by atoms with Crippen molar-refractivity contribution < 1.29 is 9.90 Å². The van der Waals surface area contributed by atoms with E-state index in [0.29, 0.717) is 6.42 Å². The Balaban J connectivity index is 2.11. The van der Waals surface area contributed by atoms with Gasteiger partial charge in [0.1, 0.15) is 0 Å². The zero-order valence-electron chi connectivity index (χ0n) is 9.54. The molecule has 0 aromatic heterocycles. The molecule has 0 unspecified atom stereocenters. The quantitative estimate of drug-likeness (QED) is 0.671. The predicted octanol–water partition coefficient (Wildman–Crippen LogP) is 0.359. The first-order valence-corrected chi connectivity index (χ1v) is 5.88. The monoisotopic (exact) mass is 214 g/mol. The fraction of sp³-hybridized carbons (Fsp3) is 0.909. The van der Waals surface area contributed by atoms with Crippen molar-refractivity contribution in [2.45, 2.75) is 38.6 Å². The van der Waals surface area contributed by atoms with E-state index in [-0.39, 0.29) is 18.6 Å². The van der Waals surface area contributed by atoms with Crippen molar-refractivity contribution in [3.63, 3.8) is 0 Å². The Morgan fingerprint density at radius 2 is 2.13 bits per heavy atom. The molecule has 0 aromatic rings.